The number of carbonyl (C=O) groups excluding carboxylic acids is 1. The average Bonchev–Trinajstić information content (AvgIpc) is 3.21. The van der Waals surface area contributed by atoms with Crippen molar-refractivity contribution in [1.82, 2.24) is 19.7 Å². The van der Waals surface area contributed by atoms with Gasteiger partial charge in [0.05, 0.1) is 6.04 Å². The third-order valence-electron chi connectivity index (χ3n) is 5.17. The Hall–Kier alpha value is -1.89. The van der Waals surface area contributed by atoms with Crippen LogP contribution in [0.5, 0.6) is 5.75 Å². The first-order valence-corrected chi connectivity index (χ1v) is 10.1. The number of ether oxygens (including phenoxy) is 1. The number of benzene rings is 1. The second-order valence-electron chi connectivity index (χ2n) is 6.93. The molecule has 0 saturated carbocycles. The fourth-order valence-electron chi connectivity index (χ4n) is 3.87. The van der Waals surface area contributed by atoms with Gasteiger partial charge in [0.15, 0.2) is 12.4 Å². The number of rotatable bonds is 4. The number of fused-ring (bicyclic) bond motifs is 1. The summed E-state index contributed by atoms with van der Waals surface area (Å²) < 4.78 is 8.88. The lowest BCUT2D eigenvalue weighted by molar-refractivity contribution is -0.134. The molecule has 1 fully saturated rings. The molecule has 1 unspecified atom stereocenters. The first-order chi connectivity index (χ1) is 12.7. The number of hydrogen-bond acceptors (Lipinski definition) is 4. The second kappa shape index (κ2) is 7.78. The predicted octanol–water partition coefficient (Wildman–Crippen LogP) is 3.51. The Morgan fingerprint density at radius 3 is 3.00 bits per heavy atom. The number of likely N-dealkylation sites (tertiary alicyclic amines) is 1. The molecular weight excluding hydrogens is 396 g/mol. The van der Waals surface area contributed by atoms with Crippen LogP contribution in [0.3, 0.4) is 0 Å². The molecule has 6 nitrogen and oxygen atoms in total. The topological polar surface area (TPSA) is 60.2 Å². The molecule has 2 aliphatic rings. The van der Waals surface area contributed by atoms with Crippen molar-refractivity contribution in [2.24, 2.45) is 0 Å². The van der Waals surface area contributed by atoms with Crippen molar-refractivity contribution >= 4 is 21.8 Å². The maximum absolute atomic E-state index is 12.8. The van der Waals surface area contributed by atoms with Crippen LogP contribution in [0.1, 0.15) is 49.8 Å². The minimum atomic E-state index is 0.0125. The van der Waals surface area contributed by atoms with Crippen LogP contribution >= 0.6 is 15.9 Å². The molecule has 1 amide bonds. The highest BCUT2D eigenvalue weighted by Gasteiger charge is 2.34. The van der Waals surface area contributed by atoms with Gasteiger partial charge < -0.3 is 14.2 Å². The predicted molar refractivity (Wildman–Crippen MR) is 101 cm³/mol. The summed E-state index contributed by atoms with van der Waals surface area (Å²) in [5, 5.41) is 8.85. The van der Waals surface area contributed by atoms with Crippen LogP contribution in [0.15, 0.2) is 28.7 Å². The minimum absolute atomic E-state index is 0.0125. The van der Waals surface area contributed by atoms with Crippen LogP contribution in [-0.4, -0.2) is 38.7 Å². The maximum Gasteiger partial charge on any atom is 0.261 e. The van der Waals surface area contributed by atoms with Crippen LogP contribution in [0, 0.1) is 0 Å². The van der Waals surface area contributed by atoms with Crippen molar-refractivity contribution in [1.29, 1.82) is 0 Å². The molecule has 1 saturated heterocycles. The van der Waals surface area contributed by atoms with Crippen LogP contribution in [0.4, 0.5) is 0 Å². The molecule has 0 aliphatic carbocycles. The summed E-state index contributed by atoms with van der Waals surface area (Å²) in [7, 11) is 0. The Labute approximate surface area is 161 Å². The molecular formula is C19H23BrN4O2. The van der Waals surface area contributed by atoms with Gasteiger partial charge in [0, 0.05) is 24.0 Å². The van der Waals surface area contributed by atoms with Crippen molar-refractivity contribution in [3.05, 3.63) is 40.4 Å². The monoisotopic (exact) mass is 418 g/mol. The van der Waals surface area contributed by atoms with E-state index < -0.39 is 0 Å². The smallest absolute Gasteiger partial charge is 0.261 e. The molecule has 1 aromatic carbocycles. The van der Waals surface area contributed by atoms with E-state index in [-0.39, 0.29) is 18.6 Å². The molecule has 0 bridgehead atoms. The summed E-state index contributed by atoms with van der Waals surface area (Å²) in [5.74, 6) is 2.73. The number of amides is 1. The first-order valence-electron chi connectivity index (χ1n) is 9.32. The zero-order chi connectivity index (χ0) is 17.9. The van der Waals surface area contributed by atoms with E-state index in [9.17, 15) is 4.79 Å². The van der Waals surface area contributed by atoms with Gasteiger partial charge >= 0.3 is 0 Å². The molecule has 2 aromatic rings. The van der Waals surface area contributed by atoms with Gasteiger partial charge in [-0.1, -0.05) is 28.4 Å². The summed E-state index contributed by atoms with van der Waals surface area (Å²) in [6.07, 6.45) is 6.49. The maximum atomic E-state index is 12.8. The lowest BCUT2D eigenvalue weighted by Gasteiger charge is -2.24. The largest absolute Gasteiger partial charge is 0.484 e. The van der Waals surface area contributed by atoms with Crippen LogP contribution < -0.4 is 4.74 Å². The molecule has 1 aromatic heterocycles. The molecule has 138 valence electrons. The van der Waals surface area contributed by atoms with Gasteiger partial charge in [-0.25, -0.2) is 0 Å². The Kier molecular flexibility index (Phi) is 5.24. The minimum Gasteiger partial charge on any atom is -0.484 e. The molecule has 3 heterocycles. The molecule has 26 heavy (non-hydrogen) atoms. The van der Waals surface area contributed by atoms with Crippen molar-refractivity contribution in [3.8, 4) is 5.75 Å². The van der Waals surface area contributed by atoms with Gasteiger partial charge in [-0.2, -0.15) is 0 Å². The van der Waals surface area contributed by atoms with Crippen molar-refractivity contribution in [2.75, 3.05) is 13.2 Å². The summed E-state index contributed by atoms with van der Waals surface area (Å²) in [6.45, 7) is 1.77. The van der Waals surface area contributed by atoms with Gasteiger partial charge in [-0.05, 0) is 43.9 Å². The molecule has 2 aliphatic heterocycles. The SMILES string of the molecule is O=C(COc1cccc(Br)c1)N1CCCC1c1nnc2n1CCCCC2. The van der Waals surface area contributed by atoms with E-state index in [0.717, 1.165) is 54.9 Å². The molecule has 0 radical (unpaired) electrons. The lowest BCUT2D eigenvalue weighted by atomic mass is 10.2. The first kappa shape index (κ1) is 17.5. The zero-order valence-electron chi connectivity index (χ0n) is 14.7. The van der Waals surface area contributed by atoms with Crippen molar-refractivity contribution < 1.29 is 9.53 Å². The average molecular weight is 419 g/mol. The summed E-state index contributed by atoms with van der Waals surface area (Å²) >= 11 is 3.42. The van der Waals surface area contributed by atoms with Crippen LogP contribution in [-0.2, 0) is 17.8 Å². The third-order valence-corrected chi connectivity index (χ3v) is 5.66. The highest BCUT2D eigenvalue weighted by atomic mass is 79.9. The highest BCUT2D eigenvalue weighted by Crippen LogP contribution is 2.32. The van der Waals surface area contributed by atoms with Crippen molar-refractivity contribution in [3.63, 3.8) is 0 Å². The summed E-state index contributed by atoms with van der Waals surface area (Å²) in [6, 6.07) is 7.58. The molecule has 0 spiro atoms. The number of nitrogens with zero attached hydrogens (tertiary/aromatic N) is 4. The number of hydrogen-bond donors (Lipinski definition) is 0. The molecule has 0 N–H and O–H groups in total. The van der Waals surface area contributed by atoms with Gasteiger partial charge in [-0.15, -0.1) is 10.2 Å². The van der Waals surface area contributed by atoms with Gasteiger partial charge in [0.2, 0.25) is 0 Å². The van der Waals surface area contributed by atoms with E-state index in [4.69, 9.17) is 4.74 Å². The van der Waals surface area contributed by atoms with E-state index in [1.165, 1.54) is 12.8 Å². The van der Waals surface area contributed by atoms with E-state index in [0.29, 0.717) is 5.75 Å². The Balaban J connectivity index is 1.46. The van der Waals surface area contributed by atoms with Crippen LogP contribution in [0.2, 0.25) is 0 Å². The van der Waals surface area contributed by atoms with E-state index >= 15 is 0 Å². The fourth-order valence-corrected chi connectivity index (χ4v) is 4.25. The molecule has 7 heteroatoms. The van der Waals surface area contributed by atoms with Gasteiger partial charge in [0.25, 0.3) is 5.91 Å². The Bertz CT molecular complexity index is 792. The summed E-state index contributed by atoms with van der Waals surface area (Å²) in [4.78, 5) is 14.7. The molecule has 4 rings (SSSR count). The second-order valence-corrected chi connectivity index (χ2v) is 7.84. The third kappa shape index (κ3) is 3.63. The standard InChI is InChI=1S/C19H23BrN4O2/c20-14-6-4-7-15(12-14)26-13-18(25)23-11-5-8-16(23)19-22-21-17-9-2-1-3-10-24(17)19/h4,6-7,12,16H,1-3,5,8-11,13H2. The van der Waals surface area contributed by atoms with Gasteiger partial charge in [0.1, 0.15) is 11.6 Å². The number of aryl methyl sites for hydroxylation is 1. The van der Waals surface area contributed by atoms with Crippen LogP contribution in [0.25, 0.3) is 0 Å². The van der Waals surface area contributed by atoms with Crippen molar-refractivity contribution in [2.45, 2.75) is 51.1 Å². The Morgan fingerprint density at radius 2 is 2.12 bits per heavy atom. The molecule has 1 atom stereocenters. The number of aromatic nitrogens is 3. The quantitative estimate of drug-likeness (QED) is 0.761. The Morgan fingerprint density at radius 1 is 1.19 bits per heavy atom. The van der Waals surface area contributed by atoms with E-state index in [1.54, 1.807) is 0 Å². The zero-order valence-corrected chi connectivity index (χ0v) is 16.3. The van der Waals surface area contributed by atoms with Gasteiger partial charge in [-0.3, -0.25) is 4.79 Å². The normalized spacial score (nSPS) is 19.9. The summed E-state index contributed by atoms with van der Waals surface area (Å²) in [5.41, 5.74) is 0. The number of halogens is 1. The number of carbonyl (C=O) groups is 1. The lowest BCUT2D eigenvalue weighted by Crippen LogP contribution is -2.35. The fraction of sp³-hybridized carbons (Fsp3) is 0.526. The van der Waals surface area contributed by atoms with E-state index in [1.807, 2.05) is 29.2 Å². The highest BCUT2D eigenvalue weighted by molar-refractivity contribution is 9.10. The van der Waals surface area contributed by atoms with E-state index in [2.05, 4.69) is 30.7 Å².